The molecule has 3 rings (SSSR count). The second-order valence-corrected chi connectivity index (χ2v) is 5.65. The van der Waals surface area contributed by atoms with Crippen LogP contribution in [0.4, 0.5) is 0 Å². The Bertz CT molecular complexity index is 548. The highest BCUT2D eigenvalue weighted by Crippen LogP contribution is 2.61. The van der Waals surface area contributed by atoms with E-state index in [1.807, 2.05) is 0 Å². The van der Waals surface area contributed by atoms with E-state index in [0.29, 0.717) is 6.04 Å². The zero-order valence-electron chi connectivity index (χ0n) is 12.4. The highest BCUT2D eigenvalue weighted by molar-refractivity contribution is 5.41. The molecule has 1 saturated heterocycles. The zero-order valence-corrected chi connectivity index (χ0v) is 12.4. The topological polar surface area (TPSA) is 3.01 Å². The van der Waals surface area contributed by atoms with Gasteiger partial charge in [-0.1, -0.05) is 74.5 Å². The van der Waals surface area contributed by atoms with Gasteiger partial charge in [-0.15, -0.1) is 0 Å². The lowest BCUT2D eigenvalue weighted by atomic mass is 9.89. The third-order valence-electron chi connectivity index (χ3n) is 4.60. The van der Waals surface area contributed by atoms with Gasteiger partial charge in [-0.2, -0.15) is 0 Å². The Morgan fingerprint density at radius 2 is 1.50 bits per heavy atom. The summed E-state index contributed by atoms with van der Waals surface area (Å²) in [6, 6.07) is 22.5. The van der Waals surface area contributed by atoms with Crippen molar-refractivity contribution in [3.05, 3.63) is 71.8 Å². The Morgan fingerprint density at radius 1 is 0.900 bits per heavy atom. The van der Waals surface area contributed by atoms with Gasteiger partial charge in [0, 0.05) is 0 Å². The summed E-state index contributed by atoms with van der Waals surface area (Å²) in [5.74, 6) is 0. The number of hydrogen-bond donors (Lipinski definition) is 0. The first kappa shape index (κ1) is 13.4. The van der Waals surface area contributed by atoms with Crippen LogP contribution in [0.1, 0.15) is 43.9 Å². The maximum atomic E-state index is 2.66. The third-order valence-corrected chi connectivity index (χ3v) is 4.60. The maximum Gasteiger partial charge on any atom is 0.0662 e. The molecule has 104 valence electrons. The first-order valence-corrected chi connectivity index (χ1v) is 7.71. The van der Waals surface area contributed by atoms with Gasteiger partial charge in [0.2, 0.25) is 0 Å². The molecule has 0 bridgehead atoms. The molecule has 0 amide bonds. The van der Waals surface area contributed by atoms with Crippen molar-refractivity contribution in [3.63, 3.8) is 0 Å². The quantitative estimate of drug-likeness (QED) is 0.704. The molecule has 0 aromatic heterocycles. The number of rotatable bonds is 5. The molecule has 2 aromatic carbocycles. The number of benzene rings is 2. The van der Waals surface area contributed by atoms with Gasteiger partial charge in [0.1, 0.15) is 0 Å². The van der Waals surface area contributed by atoms with Crippen molar-refractivity contribution in [2.24, 2.45) is 0 Å². The molecule has 1 aliphatic rings. The third kappa shape index (κ3) is 1.97. The Morgan fingerprint density at radius 3 is 2.05 bits per heavy atom. The van der Waals surface area contributed by atoms with E-state index in [4.69, 9.17) is 0 Å². The molecule has 0 spiro atoms. The van der Waals surface area contributed by atoms with E-state index in [-0.39, 0.29) is 5.54 Å². The van der Waals surface area contributed by atoms with Crippen LogP contribution in [0, 0.1) is 0 Å². The van der Waals surface area contributed by atoms with Crippen LogP contribution in [-0.4, -0.2) is 11.4 Å². The Kier molecular flexibility index (Phi) is 3.62. The molecular formula is C19H23N. The molecule has 1 heterocycles. The smallest absolute Gasteiger partial charge is 0.0662 e. The normalized spacial score (nSPS) is 28.3. The van der Waals surface area contributed by atoms with Crippen LogP contribution in [0.25, 0.3) is 0 Å². The first-order valence-electron chi connectivity index (χ1n) is 7.71. The van der Waals surface area contributed by atoms with E-state index in [0.717, 1.165) is 6.42 Å². The summed E-state index contributed by atoms with van der Waals surface area (Å²) in [6.45, 7) is 5.76. The lowest BCUT2D eigenvalue weighted by Crippen LogP contribution is -2.16. The van der Waals surface area contributed by atoms with Gasteiger partial charge >= 0.3 is 0 Å². The van der Waals surface area contributed by atoms with E-state index in [2.05, 4.69) is 79.4 Å². The standard InChI is InChI=1S/C19H23N/c1-3-15-20-18(16-11-7-5-8-12-16)19(20,4-2)17-13-9-6-10-14-17/h5-14,18H,3-4,15H2,1-2H3/t18-,19-,20?/m0/s1. The molecule has 0 radical (unpaired) electrons. The summed E-state index contributed by atoms with van der Waals surface area (Å²) in [5.41, 5.74) is 3.12. The molecule has 1 nitrogen and oxygen atoms in total. The van der Waals surface area contributed by atoms with Gasteiger partial charge in [0.05, 0.1) is 11.6 Å². The van der Waals surface area contributed by atoms with Gasteiger partial charge in [-0.05, 0) is 30.5 Å². The lowest BCUT2D eigenvalue weighted by Gasteiger charge is -2.16. The summed E-state index contributed by atoms with van der Waals surface area (Å²) in [7, 11) is 0. The molecular weight excluding hydrogens is 242 g/mol. The van der Waals surface area contributed by atoms with E-state index in [9.17, 15) is 0 Å². The summed E-state index contributed by atoms with van der Waals surface area (Å²) in [5, 5.41) is 0. The van der Waals surface area contributed by atoms with Crippen molar-refractivity contribution >= 4 is 0 Å². The molecule has 0 saturated carbocycles. The molecule has 20 heavy (non-hydrogen) atoms. The monoisotopic (exact) mass is 265 g/mol. The van der Waals surface area contributed by atoms with Crippen LogP contribution in [0.15, 0.2) is 60.7 Å². The van der Waals surface area contributed by atoms with Crippen LogP contribution in [0.3, 0.4) is 0 Å². The molecule has 1 aliphatic heterocycles. The van der Waals surface area contributed by atoms with Crippen LogP contribution in [0.5, 0.6) is 0 Å². The van der Waals surface area contributed by atoms with E-state index >= 15 is 0 Å². The fourth-order valence-corrected chi connectivity index (χ4v) is 3.70. The number of hydrogen-bond acceptors (Lipinski definition) is 1. The Labute approximate surface area is 122 Å². The lowest BCUT2D eigenvalue weighted by molar-refractivity contribution is 0.397. The van der Waals surface area contributed by atoms with Gasteiger partial charge in [0.15, 0.2) is 0 Å². The largest absolute Gasteiger partial charge is 0.283 e. The van der Waals surface area contributed by atoms with Crippen LogP contribution < -0.4 is 0 Å². The van der Waals surface area contributed by atoms with Crippen molar-refractivity contribution in [2.45, 2.75) is 38.3 Å². The van der Waals surface area contributed by atoms with Crippen molar-refractivity contribution < 1.29 is 0 Å². The van der Waals surface area contributed by atoms with Crippen LogP contribution >= 0.6 is 0 Å². The second-order valence-electron chi connectivity index (χ2n) is 5.65. The van der Waals surface area contributed by atoms with Gasteiger partial charge in [-0.3, -0.25) is 4.90 Å². The SMILES string of the molecule is CCCN1[C@@H](c2ccccc2)[C@]1(CC)c1ccccc1. The number of nitrogens with zero attached hydrogens (tertiary/aromatic N) is 1. The van der Waals surface area contributed by atoms with E-state index < -0.39 is 0 Å². The van der Waals surface area contributed by atoms with Crippen molar-refractivity contribution in [1.29, 1.82) is 0 Å². The summed E-state index contributed by atoms with van der Waals surface area (Å²) >= 11 is 0. The second kappa shape index (κ2) is 5.41. The predicted octanol–water partition coefficient (Wildman–Crippen LogP) is 4.76. The average Bonchev–Trinajstić information content (AvgIpc) is 3.18. The molecule has 1 heteroatoms. The molecule has 1 fully saturated rings. The van der Waals surface area contributed by atoms with Crippen LogP contribution in [-0.2, 0) is 5.54 Å². The van der Waals surface area contributed by atoms with Crippen molar-refractivity contribution in [3.8, 4) is 0 Å². The maximum absolute atomic E-state index is 2.66. The Hall–Kier alpha value is -1.60. The summed E-state index contributed by atoms with van der Waals surface area (Å²) < 4.78 is 0. The minimum absolute atomic E-state index is 0.207. The Balaban J connectivity index is 2.01. The average molecular weight is 265 g/mol. The zero-order chi connectivity index (χ0) is 14.0. The fraction of sp³-hybridized carbons (Fsp3) is 0.368. The van der Waals surface area contributed by atoms with Crippen LogP contribution in [0.2, 0.25) is 0 Å². The van der Waals surface area contributed by atoms with Gasteiger partial charge < -0.3 is 0 Å². The fourth-order valence-electron chi connectivity index (χ4n) is 3.70. The van der Waals surface area contributed by atoms with Gasteiger partial charge in [-0.25, -0.2) is 0 Å². The summed E-state index contributed by atoms with van der Waals surface area (Å²) in [6.07, 6.45) is 2.37. The first-order chi connectivity index (χ1) is 9.84. The summed E-state index contributed by atoms with van der Waals surface area (Å²) in [4.78, 5) is 2.66. The molecule has 0 aliphatic carbocycles. The minimum atomic E-state index is 0.207. The highest BCUT2D eigenvalue weighted by atomic mass is 15.4. The molecule has 1 unspecified atom stereocenters. The van der Waals surface area contributed by atoms with E-state index in [1.54, 1.807) is 0 Å². The molecule has 0 N–H and O–H groups in total. The minimum Gasteiger partial charge on any atom is -0.283 e. The predicted molar refractivity (Wildman–Crippen MR) is 84.6 cm³/mol. The highest BCUT2D eigenvalue weighted by Gasteiger charge is 2.61. The van der Waals surface area contributed by atoms with Gasteiger partial charge in [0.25, 0.3) is 0 Å². The van der Waals surface area contributed by atoms with Crippen molar-refractivity contribution in [2.75, 3.05) is 6.54 Å². The molecule has 3 atom stereocenters. The van der Waals surface area contributed by atoms with Crippen molar-refractivity contribution in [1.82, 2.24) is 4.90 Å². The van der Waals surface area contributed by atoms with E-state index in [1.165, 1.54) is 24.1 Å². The molecule has 2 aromatic rings.